The SMILES string of the molecule is Cl.NC(CNC(=O)c1nc(-c2cccs2)n(-c2ccc(F)cc2)n1)C1CC1. The largest absolute Gasteiger partial charge is 0.348 e. The summed E-state index contributed by atoms with van der Waals surface area (Å²) in [6, 6.07) is 9.68. The van der Waals surface area contributed by atoms with E-state index in [1.165, 1.54) is 23.5 Å². The Labute approximate surface area is 166 Å². The zero-order chi connectivity index (χ0) is 18.1. The third kappa shape index (κ3) is 4.35. The molecule has 1 saturated carbocycles. The molecule has 142 valence electrons. The smallest absolute Gasteiger partial charge is 0.291 e. The zero-order valence-electron chi connectivity index (χ0n) is 14.3. The standard InChI is InChI=1S/C18H18FN5OS.ClH/c19-12-5-7-13(8-6-12)24-17(15-2-1-9-26-15)22-16(23-24)18(25)21-10-14(20)11-3-4-11;/h1-2,5-9,11,14H,3-4,10,20H2,(H,21,25);1H. The average Bonchev–Trinajstić information content (AvgIpc) is 3.18. The highest BCUT2D eigenvalue weighted by molar-refractivity contribution is 7.13. The minimum absolute atomic E-state index is 0. The van der Waals surface area contributed by atoms with E-state index < -0.39 is 0 Å². The van der Waals surface area contributed by atoms with Gasteiger partial charge in [0.05, 0.1) is 10.6 Å². The number of amides is 1. The molecule has 1 unspecified atom stereocenters. The monoisotopic (exact) mass is 407 g/mol. The van der Waals surface area contributed by atoms with Crippen molar-refractivity contribution in [3.63, 3.8) is 0 Å². The molecule has 1 amide bonds. The first kappa shape index (κ1) is 19.5. The summed E-state index contributed by atoms with van der Waals surface area (Å²) in [6.07, 6.45) is 2.24. The third-order valence-corrected chi connectivity index (χ3v) is 5.21. The summed E-state index contributed by atoms with van der Waals surface area (Å²) < 4.78 is 14.8. The summed E-state index contributed by atoms with van der Waals surface area (Å²) in [7, 11) is 0. The van der Waals surface area contributed by atoms with E-state index in [4.69, 9.17) is 5.73 Å². The van der Waals surface area contributed by atoms with Crippen molar-refractivity contribution in [1.29, 1.82) is 0 Å². The lowest BCUT2D eigenvalue weighted by molar-refractivity contribution is 0.0940. The first-order chi connectivity index (χ1) is 12.6. The lowest BCUT2D eigenvalue weighted by Gasteiger charge is -2.09. The van der Waals surface area contributed by atoms with Crippen LogP contribution in [-0.2, 0) is 0 Å². The van der Waals surface area contributed by atoms with E-state index in [1.54, 1.807) is 16.8 Å². The average molecular weight is 408 g/mol. The number of nitrogens with two attached hydrogens (primary N) is 1. The number of rotatable bonds is 6. The molecule has 0 aliphatic heterocycles. The number of aromatic nitrogens is 3. The molecular weight excluding hydrogens is 389 g/mol. The van der Waals surface area contributed by atoms with Crippen LogP contribution in [0.1, 0.15) is 23.5 Å². The molecule has 4 rings (SSSR count). The number of thiophene rings is 1. The molecule has 0 radical (unpaired) electrons. The molecular formula is C18H19ClFN5OS. The first-order valence-electron chi connectivity index (χ1n) is 8.42. The molecule has 2 heterocycles. The van der Waals surface area contributed by atoms with Crippen molar-refractivity contribution in [2.45, 2.75) is 18.9 Å². The maximum absolute atomic E-state index is 13.2. The summed E-state index contributed by atoms with van der Waals surface area (Å²) in [5.74, 6) is 0.420. The Kier molecular flexibility index (Phi) is 5.88. The van der Waals surface area contributed by atoms with Crippen LogP contribution in [0.2, 0.25) is 0 Å². The lowest BCUT2D eigenvalue weighted by atomic mass is 10.2. The number of hydrogen-bond acceptors (Lipinski definition) is 5. The molecule has 3 aromatic rings. The number of nitrogens with zero attached hydrogens (tertiary/aromatic N) is 3. The Morgan fingerprint density at radius 1 is 1.33 bits per heavy atom. The highest BCUT2D eigenvalue weighted by Gasteiger charge is 2.29. The van der Waals surface area contributed by atoms with Crippen molar-refractivity contribution in [3.8, 4) is 16.4 Å². The van der Waals surface area contributed by atoms with Crippen LogP contribution >= 0.6 is 23.7 Å². The molecule has 0 saturated heterocycles. The van der Waals surface area contributed by atoms with Crippen LogP contribution in [0, 0.1) is 11.7 Å². The zero-order valence-corrected chi connectivity index (χ0v) is 16.0. The maximum atomic E-state index is 13.2. The van der Waals surface area contributed by atoms with Crippen LogP contribution in [-0.4, -0.2) is 33.3 Å². The van der Waals surface area contributed by atoms with Crippen molar-refractivity contribution in [2.24, 2.45) is 11.7 Å². The predicted octanol–water partition coefficient (Wildman–Crippen LogP) is 3.02. The predicted molar refractivity (Wildman–Crippen MR) is 105 cm³/mol. The number of benzene rings is 1. The van der Waals surface area contributed by atoms with Crippen molar-refractivity contribution in [3.05, 3.63) is 53.4 Å². The van der Waals surface area contributed by atoms with E-state index in [0.717, 1.165) is 17.7 Å². The normalized spacial score (nSPS) is 14.4. The highest BCUT2D eigenvalue weighted by Crippen LogP contribution is 2.31. The maximum Gasteiger partial charge on any atom is 0.291 e. The Balaban J connectivity index is 0.00000210. The van der Waals surface area contributed by atoms with Crippen LogP contribution in [0.4, 0.5) is 4.39 Å². The van der Waals surface area contributed by atoms with Crippen molar-refractivity contribution < 1.29 is 9.18 Å². The van der Waals surface area contributed by atoms with Gasteiger partial charge in [0, 0.05) is 12.6 Å². The minimum atomic E-state index is -0.361. The van der Waals surface area contributed by atoms with E-state index in [-0.39, 0.29) is 36.0 Å². The second kappa shape index (κ2) is 8.16. The van der Waals surface area contributed by atoms with Crippen molar-refractivity contribution in [2.75, 3.05) is 6.54 Å². The molecule has 1 aliphatic rings. The molecule has 1 aliphatic carbocycles. The fraction of sp³-hybridized carbons (Fsp3) is 0.278. The van der Waals surface area contributed by atoms with Crippen LogP contribution in [0.5, 0.6) is 0 Å². The van der Waals surface area contributed by atoms with Gasteiger partial charge in [-0.3, -0.25) is 4.79 Å². The van der Waals surface area contributed by atoms with Crippen molar-refractivity contribution in [1.82, 2.24) is 20.1 Å². The van der Waals surface area contributed by atoms with Gasteiger partial charge in [0.1, 0.15) is 5.82 Å². The van der Waals surface area contributed by atoms with E-state index in [2.05, 4.69) is 15.4 Å². The van der Waals surface area contributed by atoms with Gasteiger partial charge in [-0.25, -0.2) is 14.1 Å². The summed E-state index contributed by atoms with van der Waals surface area (Å²) in [4.78, 5) is 17.7. The molecule has 3 N–H and O–H groups in total. The second-order valence-corrected chi connectivity index (χ2v) is 7.28. The molecule has 1 aromatic carbocycles. The summed E-state index contributed by atoms with van der Waals surface area (Å²) in [5.41, 5.74) is 6.66. The topological polar surface area (TPSA) is 85.8 Å². The Bertz CT molecular complexity index is 908. The molecule has 0 spiro atoms. The van der Waals surface area contributed by atoms with Crippen LogP contribution in [0.15, 0.2) is 41.8 Å². The number of carbonyl (C=O) groups is 1. The third-order valence-electron chi connectivity index (χ3n) is 4.35. The van der Waals surface area contributed by atoms with Gasteiger partial charge in [0.15, 0.2) is 5.82 Å². The highest BCUT2D eigenvalue weighted by atomic mass is 35.5. The molecule has 6 nitrogen and oxygen atoms in total. The fourth-order valence-corrected chi connectivity index (χ4v) is 3.41. The molecule has 1 fully saturated rings. The summed E-state index contributed by atoms with van der Waals surface area (Å²) in [6.45, 7) is 0.406. The summed E-state index contributed by atoms with van der Waals surface area (Å²) in [5, 5.41) is 9.07. The minimum Gasteiger partial charge on any atom is -0.348 e. The van der Waals surface area contributed by atoms with Gasteiger partial charge in [-0.15, -0.1) is 28.8 Å². The number of carbonyl (C=O) groups excluding carboxylic acids is 1. The molecule has 1 atom stereocenters. The Morgan fingerprint density at radius 3 is 2.70 bits per heavy atom. The van der Waals surface area contributed by atoms with E-state index in [9.17, 15) is 9.18 Å². The Morgan fingerprint density at radius 2 is 2.07 bits per heavy atom. The van der Waals surface area contributed by atoms with Crippen LogP contribution in [0.25, 0.3) is 16.4 Å². The van der Waals surface area contributed by atoms with Crippen LogP contribution < -0.4 is 11.1 Å². The van der Waals surface area contributed by atoms with Gasteiger partial charge in [-0.05, 0) is 54.5 Å². The number of hydrogen-bond donors (Lipinski definition) is 2. The number of halogens is 2. The lowest BCUT2D eigenvalue weighted by Crippen LogP contribution is -2.38. The second-order valence-electron chi connectivity index (χ2n) is 6.34. The molecule has 9 heteroatoms. The van der Waals surface area contributed by atoms with Gasteiger partial charge < -0.3 is 11.1 Å². The number of nitrogens with one attached hydrogen (secondary N) is 1. The van der Waals surface area contributed by atoms with Gasteiger partial charge in [-0.1, -0.05) is 6.07 Å². The van der Waals surface area contributed by atoms with Gasteiger partial charge in [0.25, 0.3) is 5.91 Å². The van der Waals surface area contributed by atoms with E-state index >= 15 is 0 Å². The first-order valence-corrected chi connectivity index (χ1v) is 9.30. The quantitative estimate of drug-likeness (QED) is 0.657. The summed E-state index contributed by atoms with van der Waals surface area (Å²) >= 11 is 1.49. The Hall–Kier alpha value is -2.29. The molecule has 27 heavy (non-hydrogen) atoms. The molecule has 2 aromatic heterocycles. The van der Waals surface area contributed by atoms with Crippen LogP contribution in [0.3, 0.4) is 0 Å². The van der Waals surface area contributed by atoms with Crippen molar-refractivity contribution >= 4 is 29.7 Å². The van der Waals surface area contributed by atoms with E-state index in [0.29, 0.717) is 24.0 Å². The molecule has 0 bridgehead atoms. The fourth-order valence-electron chi connectivity index (χ4n) is 2.72. The van der Waals surface area contributed by atoms with E-state index in [1.807, 2.05) is 17.5 Å². The van der Waals surface area contributed by atoms with Gasteiger partial charge in [-0.2, -0.15) is 0 Å². The van der Waals surface area contributed by atoms with Gasteiger partial charge in [0.2, 0.25) is 5.82 Å². The van der Waals surface area contributed by atoms with Gasteiger partial charge >= 0.3 is 0 Å².